The zero-order valence-corrected chi connectivity index (χ0v) is 18.9. The second-order valence-electron chi connectivity index (χ2n) is 10.2. The maximum atomic E-state index is 13.9. The average molecular weight is 455 g/mol. The van der Waals surface area contributed by atoms with E-state index < -0.39 is 48.2 Å². The molecule has 176 valence electrons. The largest absolute Gasteiger partial charge is 0.494 e. The first kappa shape index (κ1) is 23.5. The molecule has 1 saturated carbocycles. The van der Waals surface area contributed by atoms with E-state index in [4.69, 9.17) is 9.31 Å². The summed E-state index contributed by atoms with van der Waals surface area (Å²) in [7, 11) is -0.981. The van der Waals surface area contributed by atoms with E-state index in [-0.39, 0.29) is 23.6 Å². The van der Waals surface area contributed by atoms with Gasteiger partial charge in [0.1, 0.15) is 0 Å². The number of halogens is 3. The minimum atomic E-state index is -5.19. The number of fused-ring (bicyclic) bond motifs is 1. The van der Waals surface area contributed by atoms with Crippen LogP contribution in [0.4, 0.5) is 13.2 Å². The van der Waals surface area contributed by atoms with Crippen molar-refractivity contribution in [3.63, 3.8) is 0 Å². The maximum absolute atomic E-state index is 13.9. The molecule has 2 aliphatic heterocycles. The van der Waals surface area contributed by atoms with Crippen LogP contribution in [0.2, 0.25) is 0 Å². The van der Waals surface area contributed by atoms with E-state index in [1.165, 1.54) is 0 Å². The number of benzene rings is 1. The Balaban J connectivity index is 1.85. The second kappa shape index (κ2) is 7.19. The Bertz CT molecular complexity index is 930. The van der Waals surface area contributed by atoms with Gasteiger partial charge in [0, 0.05) is 18.2 Å². The van der Waals surface area contributed by atoms with Crippen LogP contribution < -0.4 is 5.46 Å². The lowest BCUT2D eigenvalue weighted by molar-refractivity contribution is -0.277. The summed E-state index contributed by atoms with van der Waals surface area (Å²) in [6.07, 6.45) is -3.26. The number of rotatable bonds is 5. The fourth-order valence-corrected chi connectivity index (χ4v) is 4.43. The van der Waals surface area contributed by atoms with Gasteiger partial charge < -0.3 is 24.4 Å². The fraction of sp³-hybridized carbons (Fsp3) is 0.682. The molecular weight excluding hydrogens is 426 g/mol. The molecule has 2 fully saturated rings. The highest BCUT2D eigenvalue weighted by Crippen LogP contribution is 2.45. The first-order valence-corrected chi connectivity index (χ1v) is 10.9. The molecule has 1 aromatic rings. The van der Waals surface area contributed by atoms with Gasteiger partial charge >= 0.3 is 13.3 Å². The third-order valence-electron chi connectivity index (χ3n) is 7.52. The van der Waals surface area contributed by atoms with E-state index in [1.807, 2.05) is 34.6 Å². The van der Waals surface area contributed by atoms with Crippen LogP contribution in [0.15, 0.2) is 12.1 Å². The number of aliphatic hydroxyl groups is 2. The molecule has 0 aromatic heterocycles. The smallest absolute Gasteiger partial charge is 0.399 e. The van der Waals surface area contributed by atoms with E-state index >= 15 is 0 Å². The van der Waals surface area contributed by atoms with Crippen molar-refractivity contribution in [2.24, 2.45) is 5.92 Å². The molecule has 0 bridgehead atoms. The predicted octanol–water partition coefficient (Wildman–Crippen LogP) is 2.48. The highest BCUT2D eigenvalue weighted by atomic mass is 19.4. The van der Waals surface area contributed by atoms with Gasteiger partial charge in [-0.2, -0.15) is 13.2 Å². The van der Waals surface area contributed by atoms with Crippen molar-refractivity contribution in [3.8, 4) is 0 Å². The summed E-state index contributed by atoms with van der Waals surface area (Å²) in [4.78, 5) is 14.8. The van der Waals surface area contributed by atoms with Crippen LogP contribution in [0, 0.1) is 5.92 Å². The summed E-state index contributed by atoms with van der Waals surface area (Å²) >= 11 is 0. The molecule has 0 spiro atoms. The molecule has 1 saturated heterocycles. The summed E-state index contributed by atoms with van der Waals surface area (Å²) < 4.78 is 53.8. The van der Waals surface area contributed by atoms with Crippen LogP contribution in [0.25, 0.3) is 0 Å². The molecule has 1 aliphatic carbocycles. The van der Waals surface area contributed by atoms with E-state index in [0.717, 1.165) is 18.9 Å². The summed E-state index contributed by atoms with van der Waals surface area (Å²) in [6, 6.07) is 2.58. The zero-order chi connectivity index (χ0) is 23.9. The number of nitrogens with zero attached hydrogens (tertiary/aromatic N) is 1. The van der Waals surface area contributed by atoms with Gasteiger partial charge in [0.05, 0.1) is 23.4 Å². The Hall–Kier alpha value is -1.62. The van der Waals surface area contributed by atoms with Crippen molar-refractivity contribution in [1.82, 2.24) is 4.90 Å². The van der Waals surface area contributed by atoms with Crippen molar-refractivity contribution in [2.45, 2.75) is 83.0 Å². The van der Waals surface area contributed by atoms with Gasteiger partial charge in [-0.3, -0.25) is 4.79 Å². The van der Waals surface area contributed by atoms with Gasteiger partial charge in [-0.1, -0.05) is 12.1 Å². The van der Waals surface area contributed by atoms with E-state index in [1.54, 1.807) is 11.0 Å². The van der Waals surface area contributed by atoms with Crippen molar-refractivity contribution < 1.29 is 37.5 Å². The Labute approximate surface area is 185 Å². The van der Waals surface area contributed by atoms with Crippen molar-refractivity contribution in [1.29, 1.82) is 0 Å². The van der Waals surface area contributed by atoms with Crippen LogP contribution in [-0.2, 0) is 21.5 Å². The Morgan fingerprint density at radius 2 is 1.75 bits per heavy atom. The molecule has 4 rings (SSSR count). The summed E-state index contributed by atoms with van der Waals surface area (Å²) in [5.74, 6) is -0.246. The lowest BCUT2D eigenvalue weighted by Gasteiger charge is -2.32. The van der Waals surface area contributed by atoms with Crippen molar-refractivity contribution in [3.05, 3.63) is 28.8 Å². The number of hydrogen-bond donors (Lipinski definition) is 2. The van der Waals surface area contributed by atoms with Gasteiger partial charge in [-0.15, -0.1) is 0 Å². The summed E-state index contributed by atoms with van der Waals surface area (Å²) in [5.41, 5.74) is -5.28. The first-order valence-electron chi connectivity index (χ1n) is 10.9. The molecule has 2 heterocycles. The topological polar surface area (TPSA) is 79.2 Å². The molecule has 2 atom stereocenters. The monoisotopic (exact) mass is 455 g/mol. The molecular formula is C22H29BF3NO5. The number of aliphatic hydroxyl groups excluding tert-OH is 1. The molecule has 6 nitrogen and oxygen atoms in total. The van der Waals surface area contributed by atoms with E-state index in [2.05, 4.69) is 0 Å². The molecule has 10 heteroatoms. The lowest BCUT2D eigenvalue weighted by Crippen LogP contribution is -2.48. The first-order chi connectivity index (χ1) is 14.6. The third-order valence-corrected chi connectivity index (χ3v) is 7.52. The maximum Gasteiger partial charge on any atom is 0.494 e. The normalized spacial score (nSPS) is 25.1. The van der Waals surface area contributed by atoms with Gasteiger partial charge in [0.2, 0.25) is 5.60 Å². The third kappa shape index (κ3) is 3.46. The SMILES string of the molecule is CC(C1CC1)N1Cc2cc(B3OC(C)(C)C(C)(C)O3)cc(C(O)(CO)C(F)(F)F)c2C1=O. The number of amides is 1. The van der Waals surface area contributed by atoms with Crippen LogP contribution >= 0.6 is 0 Å². The highest BCUT2D eigenvalue weighted by molar-refractivity contribution is 6.62. The van der Waals surface area contributed by atoms with Crippen LogP contribution in [0.5, 0.6) is 0 Å². The molecule has 2 N–H and O–H groups in total. The quantitative estimate of drug-likeness (QED) is 0.668. The molecule has 3 aliphatic rings. The summed E-state index contributed by atoms with van der Waals surface area (Å²) in [5, 5.41) is 20.2. The van der Waals surface area contributed by atoms with Gasteiger partial charge in [0.15, 0.2) is 0 Å². The summed E-state index contributed by atoms with van der Waals surface area (Å²) in [6.45, 7) is 7.70. The number of hydrogen-bond acceptors (Lipinski definition) is 5. The van der Waals surface area contributed by atoms with Gasteiger partial charge in [-0.05, 0) is 64.4 Å². The number of alkyl halides is 3. The van der Waals surface area contributed by atoms with Crippen LogP contribution in [0.1, 0.15) is 68.9 Å². The predicted molar refractivity (Wildman–Crippen MR) is 111 cm³/mol. The Morgan fingerprint density at radius 1 is 1.19 bits per heavy atom. The fourth-order valence-electron chi connectivity index (χ4n) is 4.43. The van der Waals surface area contributed by atoms with E-state index in [9.17, 15) is 28.2 Å². The van der Waals surface area contributed by atoms with Crippen molar-refractivity contribution in [2.75, 3.05) is 6.61 Å². The molecule has 1 aromatic carbocycles. The minimum Gasteiger partial charge on any atom is -0.399 e. The lowest BCUT2D eigenvalue weighted by atomic mass is 9.74. The molecule has 32 heavy (non-hydrogen) atoms. The van der Waals surface area contributed by atoms with Gasteiger partial charge in [0.25, 0.3) is 5.91 Å². The highest BCUT2D eigenvalue weighted by Gasteiger charge is 2.58. The van der Waals surface area contributed by atoms with Crippen molar-refractivity contribution >= 4 is 18.5 Å². The standard InChI is InChI=1S/C22H29BF3NO5/c1-12(13-6-7-13)27-10-14-8-15(23-31-19(2,3)20(4,5)32-23)9-16(17(14)18(27)29)21(30,11-28)22(24,25)26/h8-9,12-13,28,30H,6-7,10-11H2,1-5H3. The van der Waals surface area contributed by atoms with Gasteiger partial charge in [-0.25, -0.2) is 0 Å². The molecule has 0 radical (unpaired) electrons. The number of carbonyl (C=O) groups excluding carboxylic acids is 1. The zero-order valence-electron chi connectivity index (χ0n) is 18.9. The average Bonchev–Trinajstić information content (AvgIpc) is 3.44. The number of carbonyl (C=O) groups is 1. The Morgan fingerprint density at radius 3 is 2.22 bits per heavy atom. The van der Waals surface area contributed by atoms with E-state index in [0.29, 0.717) is 11.5 Å². The van der Waals surface area contributed by atoms with Crippen LogP contribution in [0.3, 0.4) is 0 Å². The second-order valence-corrected chi connectivity index (χ2v) is 10.2. The van der Waals surface area contributed by atoms with Crippen LogP contribution in [-0.4, -0.2) is 58.2 Å². The minimum absolute atomic E-state index is 0.129. The Kier molecular flexibility index (Phi) is 5.29. The molecule has 1 amide bonds. The molecule has 2 unspecified atom stereocenters.